The SMILES string of the molecule is CCc1c(Oc2ncc(N=O)cc2C(F)(F)F)n[nH]c1C. The van der Waals surface area contributed by atoms with Crippen molar-refractivity contribution in [1.82, 2.24) is 15.2 Å². The molecule has 0 atom stereocenters. The quantitative estimate of drug-likeness (QED) is 0.869. The number of aromatic nitrogens is 3. The second-order valence-corrected chi connectivity index (χ2v) is 4.22. The molecular formula is C12H11F3N4O2. The predicted molar refractivity (Wildman–Crippen MR) is 67.5 cm³/mol. The molecule has 0 saturated carbocycles. The lowest BCUT2D eigenvalue weighted by molar-refractivity contribution is -0.138. The van der Waals surface area contributed by atoms with Gasteiger partial charge in [0.1, 0.15) is 11.3 Å². The van der Waals surface area contributed by atoms with Gasteiger partial charge in [0, 0.05) is 11.3 Å². The van der Waals surface area contributed by atoms with E-state index in [-0.39, 0.29) is 5.88 Å². The zero-order chi connectivity index (χ0) is 15.6. The van der Waals surface area contributed by atoms with Gasteiger partial charge in [0.2, 0.25) is 11.8 Å². The van der Waals surface area contributed by atoms with Gasteiger partial charge in [-0.3, -0.25) is 5.10 Å². The van der Waals surface area contributed by atoms with Gasteiger partial charge < -0.3 is 4.74 Å². The fraction of sp³-hybridized carbons (Fsp3) is 0.333. The molecule has 2 rings (SSSR count). The number of nitroso groups, excluding NO2 is 1. The third-order valence-corrected chi connectivity index (χ3v) is 2.83. The smallest absolute Gasteiger partial charge is 0.418 e. The van der Waals surface area contributed by atoms with Crippen molar-refractivity contribution in [1.29, 1.82) is 0 Å². The molecule has 0 amide bonds. The van der Waals surface area contributed by atoms with Crippen molar-refractivity contribution in [2.45, 2.75) is 26.4 Å². The average molecular weight is 300 g/mol. The first-order chi connectivity index (χ1) is 9.86. The maximum atomic E-state index is 13.0. The van der Waals surface area contributed by atoms with Crippen LogP contribution in [-0.2, 0) is 12.6 Å². The summed E-state index contributed by atoms with van der Waals surface area (Å²) in [4.78, 5) is 13.8. The summed E-state index contributed by atoms with van der Waals surface area (Å²) in [6.45, 7) is 3.55. The van der Waals surface area contributed by atoms with Crippen LogP contribution in [0, 0.1) is 11.8 Å². The molecule has 2 aromatic heterocycles. The molecule has 0 aliphatic heterocycles. The summed E-state index contributed by atoms with van der Waals surface area (Å²) in [7, 11) is 0. The van der Waals surface area contributed by atoms with Crippen LogP contribution in [0.2, 0.25) is 0 Å². The van der Waals surface area contributed by atoms with Gasteiger partial charge >= 0.3 is 6.18 Å². The minimum atomic E-state index is -4.72. The number of ether oxygens (including phenoxy) is 1. The lowest BCUT2D eigenvalue weighted by Gasteiger charge is -2.12. The first kappa shape index (κ1) is 14.9. The monoisotopic (exact) mass is 300 g/mol. The summed E-state index contributed by atoms with van der Waals surface area (Å²) in [5, 5.41) is 8.89. The molecular weight excluding hydrogens is 289 g/mol. The Labute approximate surface area is 117 Å². The lowest BCUT2D eigenvalue weighted by atomic mass is 10.2. The van der Waals surface area contributed by atoms with E-state index in [2.05, 4.69) is 20.4 Å². The highest BCUT2D eigenvalue weighted by molar-refractivity contribution is 5.45. The Morgan fingerprint density at radius 2 is 2.10 bits per heavy atom. The summed E-state index contributed by atoms with van der Waals surface area (Å²) in [5.74, 6) is -0.643. The van der Waals surface area contributed by atoms with Crippen molar-refractivity contribution < 1.29 is 17.9 Å². The Morgan fingerprint density at radius 3 is 2.67 bits per heavy atom. The first-order valence-electron chi connectivity index (χ1n) is 5.99. The van der Waals surface area contributed by atoms with Gasteiger partial charge in [-0.1, -0.05) is 6.92 Å². The minimum absolute atomic E-state index is 0.0276. The second kappa shape index (κ2) is 5.51. The Morgan fingerprint density at radius 1 is 1.38 bits per heavy atom. The van der Waals surface area contributed by atoms with Crippen LogP contribution in [0.1, 0.15) is 23.7 Å². The van der Waals surface area contributed by atoms with Gasteiger partial charge in [-0.15, -0.1) is 10.0 Å². The summed E-state index contributed by atoms with van der Waals surface area (Å²) < 4.78 is 44.1. The van der Waals surface area contributed by atoms with E-state index < -0.39 is 23.3 Å². The molecule has 6 nitrogen and oxygen atoms in total. The summed E-state index contributed by atoms with van der Waals surface area (Å²) in [6.07, 6.45) is -3.28. The highest BCUT2D eigenvalue weighted by Crippen LogP contribution is 2.39. The fourth-order valence-electron chi connectivity index (χ4n) is 1.80. The fourth-order valence-corrected chi connectivity index (χ4v) is 1.80. The van der Waals surface area contributed by atoms with E-state index in [4.69, 9.17) is 4.74 Å². The number of alkyl halides is 3. The van der Waals surface area contributed by atoms with Gasteiger partial charge in [0.05, 0.1) is 6.20 Å². The molecule has 0 radical (unpaired) electrons. The average Bonchev–Trinajstić information content (AvgIpc) is 2.78. The van der Waals surface area contributed by atoms with Gasteiger partial charge in [-0.05, 0) is 24.6 Å². The van der Waals surface area contributed by atoms with Gasteiger partial charge in [-0.2, -0.15) is 13.2 Å². The summed E-state index contributed by atoms with van der Waals surface area (Å²) in [5.41, 5.74) is -0.249. The molecule has 0 fully saturated rings. The third kappa shape index (κ3) is 3.01. The van der Waals surface area contributed by atoms with Crippen LogP contribution in [0.15, 0.2) is 17.4 Å². The normalized spacial score (nSPS) is 11.5. The summed E-state index contributed by atoms with van der Waals surface area (Å²) in [6, 6.07) is 0.584. The van der Waals surface area contributed by atoms with Crippen LogP contribution < -0.4 is 4.74 Å². The molecule has 112 valence electrons. The highest BCUT2D eigenvalue weighted by Gasteiger charge is 2.36. The predicted octanol–water partition coefficient (Wildman–Crippen LogP) is 3.88. The van der Waals surface area contributed by atoms with E-state index in [1.165, 1.54) is 0 Å². The summed E-state index contributed by atoms with van der Waals surface area (Å²) >= 11 is 0. The van der Waals surface area contributed by atoms with Crippen molar-refractivity contribution in [2.75, 3.05) is 0 Å². The maximum Gasteiger partial charge on any atom is 0.421 e. The number of halogens is 3. The maximum absolute atomic E-state index is 13.0. The van der Waals surface area contributed by atoms with Crippen molar-refractivity contribution in [3.63, 3.8) is 0 Å². The minimum Gasteiger partial charge on any atom is -0.418 e. The number of hydrogen-bond acceptors (Lipinski definition) is 5. The number of pyridine rings is 1. The number of nitrogens with one attached hydrogen (secondary N) is 1. The van der Waals surface area contributed by atoms with Gasteiger partial charge in [0.25, 0.3) is 0 Å². The van der Waals surface area contributed by atoms with E-state index in [0.717, 1.165) is 6.20 Å². The Bertz CT molecular complexity index is 667. The van der Waals surface area contributed by atoms with E-state index in [9.17, 15) is 18.1 Å². The first-order valence-corrected chi connectivity index (χ1v) is 5.99. The zero-order valence-electron chi connectivity index (χ0n) is 11.2. The molecule has 0 aliphatic carbocycles. The molecule has 0 unspecified atom stereocenters. The Hall–Kier alpha value is -2.45. The number of aromatic amines is 1. The number of rotatable bonds is 4. The van der Waals surface area contributed by atoms with Crippen LogP contribution >= 0.6 is 0 Å². The molecule has 0 spiro atoms. The standard InChI is InChI=1S/C12H11F3N4O2/c1-3-8-6(2)17-18-10(8)21-11-9(12(13,14)15)4-7(19-20)5-16-11/h4-5H,3H2,1-2H3,(H,17,18). The van der Waals surface area contributed by atoms with Crippen LogP contribution in [-0.4, -0.2) is 15.2 Å². The number of aryl methyl sites for hydroxylation is 1. The van der Waals surface area contributed by atoms with E-state index in [1.807, 2.05) is 6.92 Å². The molecule has 0 aliphatic rings. The van der Waals surface area contributed by atoms with Gasteiger partial charge in [0.15, 0.2) is 0 Å². The third-order valence-electron chi connectivity index (χ3n) is 2.83. The molecule has 2 heterocycles. The molecule has 0 saturated heterocycles. The second-order valence-electron chi connectivity index (χ2n) is 4.22. The molecule has 9 heteroatoms. The van der Waals surface area contributed by atoms with Crippen LogP contribution in [0.3, 0.4) is 0 Å². The van der Waals surface area contributed by atoms with E-state index >= 15 is 0 Å². The largest absolute Gasteiger partial charge is 0.421 e. The topological polar surface area (TPSA) is 80.2 Å². The van der Waals surface area contributed by atoms with Crippen molar-refractivity contribution in [3.05, 3.63) is 34.0 Å². The zero-order valence-corrected chi connectivity index (χ0v) is 11.2. The highest BCUT2D eigenvalue weighted by atomic mass is 19.4. The lowest BCUT2D eigenvalue weighted by Crippen LogP contribution is -2.08. The molecule has 1 N–H and O–H groups in total. The van der Waals surface area contributed by atoms with Crippen molar-refractivity contribution >= 4 is 5.69 Å². The molecule has 0 bridgehead atoms. The molecule has 0 aromatic carbocycles. The Balaban J connectivity index is 2.46. The van der Waals surface area contributed by atoms with E-state index in [0.29, 0.717) is 23.7 Å². The van der Waals surface area contributed by atoms with Gasteiger partial charge in [-0.25, -0.2) is 4.98 Å². The number of nitrogens with zero attached hydrogens (tertiary/aromatic N) is 3. The Kier molecular flexibility index (Phi) is 3.92. The van der Waals surface area contributed by atoms with Crippen LogP contribution in [0.4, 0.5) is 18.9 Å². The number of hydrogen-bond donors (Lipinski definition) is 1. The van der Waals surface area contributed by atoms with E-state index in [1.54, 1.807) is 6.92 Å². The van der Waals surface area contributed by atoms with Crippen molar-refractivity contribution in [3.8, 4) is 11.8 Å². The number of H-pyrrole nitrogens is 1. The molecule has 2 aromatic rings. The van der Waals surface area contributed by atoms with Crippen LogP contribution in [0.25, 0.3) is 0 Å². The van der Waals surface area contributed by atoms with Crippen LogP contribution in [0.5, 0.6) is 11.8 Å². The van der Waals surface area contributed by atoms with Crippen molar-refractivity contribution in [2.24, 2.45) is 5.18 Å². The molecule has 21 heavy (non-hydrogen) atoms.